The van der Waals surface area contributed by atoms with E-state index in [-0.39, 0.29) is 23.7 Å². The van der Waals surface area contributed by atoms with Crippen LogP contribution >= 0.6 is 11.5 Å². The van der Waals surface area contributed by atoms with Crippen LogP contribution in [0.15, 0.2) is 59.4 Å². The van der Waals surface area contributed by atoms with Gasteiger partial charge >= 0.3 is 0 Å². The maximum absolute atomic E-state index is 14.4. The molecule has 5 rings (SSSR count). The average Bonchev–Trinajstić information content (AvgIpc) is 3.61. The largest absolute Gasteiger partial charge is 0.313 e. The van der Waals surface area contributed by atoms with E-state index in [0.717, 1.165) is 43.5 Å². The van der Waals surface area contributed by atoms with Gasteiger partial charge in [-0.05, 0) is 68.8 Å². The smallest absolute Gasteiger partial charge is 0.264 e. The summed E-state index contributed by atoms with van der Waals surface area (Å²) in [7, 11) is 0. The van der Waals surface area contributed by atoms with Crippen LogP contribution in [0.5, 0.6) is 0 Å². The molecule has 1 fully saturated rings. The van der Waals surface area contributed by atoms with Gasteiger partial charge in [0.15, 0.2) is 4.83 Å². The predicted molar refractivity (Wildman–Crippen MR) is 157 cm³/mol. The van der Waals surface area contributed by atoms with Gasteiger partial charge in [-0.15, -0.1) is 0 Å². The number of aromatic nitrogens is 3. The molecule has 2 atom stereocenters. The van der Waals surface area contributed by atoms with Crippen LogP contribution in [-0.2, 0) is 6.54 Å². The van der Waals surface area contributed by atoms with Gasteiger partial charge in [0.2, 0.25) is 0 Å². The SMILES string of the molecule is CCC(c1nc2snc(C)c2c(=O)n1Cc1ccccc1)N(C(=O)c1ccc(C)cc1)C(CC)N1CCCC1. The predicted octanol–water partition coefficient (Wildman–Crippen LogP) is 5.94. The van der Waals surface area contributed by atoms with Gasteiger partial charge in [-0.3, -0.25) is 19.1 Å². The quantitative estimate of drug-likeness (QED) is 0.261. The molecule has 0 saturated carbocycles. The van der Waals surface area contributed by atoms with E-state index in [2.05, 4.69) is 23.1 Å². The van der Waals surface area contributed by atoms with E-state index >= 15 is 0 Å². The first kappa shape index (κ1) is 27.2. The fourth-order valence-electron chi connectivity index (χ4n) is 5.76. The molecule has 2 aromatic heterocycles. The highest BCUT2D eigenvalue weighted by Gasteiger charge is 2.37. The fourth-order valence-corrected chi connectivity index (χ4v) is 6.54. The van der Waals surface area contributed by atoms with Crippen molar-refractivity contribution in [2.75, 3.05) is 13.1 Å². The van der Waals surface area contributed by atoms with Gasteiger partial charge in [-0.2, -0.15) is 4.37 Å². The van der Waals surface area contributed by atoms with Gasteiger partial charge in [-0.1, -0.05) is 61.9 Å². The van der Waals surface area contributed by atoms with Crippen molar-refractivity contribution >= 4 is 27.7 Å². The molecule has 1 saturated heterocycles. The Labute approximate surface area is 234 Å². The monoisotopic (exact) mass is 543 g/mol. The van der Waals surface area contributed by atoms with Crippen molar-refractivity contribution in [1.29, 1.82) is 0 Å². The van der Waals surface area contributed by atoms with E-state index in [4.69, 9.17) is 4.98 Å². The Morgan fingerprint density at radius 2 is 1.69 bits per heavy atom. The average molecular weight is 544 g/mol. The molecule has 204 valence electrons. The second-order valence-electron chi connectivity index (χ2n) is 10.4. The van der Waals surface area contributed by atoms with Gasteiger partial charge in [0.1, 0.15) is 5.82 Å². The van der Waals surface area contributed by atoms with E-state index < -0.39 is 0 Å². The summed E-state index contributed by atoms with van der Waals surface area (Å²) in [6.45, 7) is 10.4. The number of fused-ring (bicyclic) bond motifs is 1. The van der Waals surface area contributed by atoms with Gasteiger partial charge < -0.3 is 4.90 Å². The molecule has 0 spiro atoms. The third-order valence-electron chi connectivity index (χ3n) is 7.78. The number of aryl methyl sites for hydroxylation is 2. The minimum absolute atomic E-state index is 0.0262. The highest BCUT2D eigenvalue weighted by molar-refractivity contribution is 7.12. The molecular formula is C31H37N5O2S. The number of amides is 1. The summed E-state index contributed by atoms with van der Waals surface area (Å²) in [5, 5.41) is 0.567. The van der Waals surface area contributed by atoms with E-state index in [1.807, 2.05) is 73.3 Å². The maximum Gasteiger partial charge on any atom is 0.264 e. The summed E-state index contributed by atoms with van der Waals surface area (Å²) in [5.41, 5.74) is 3.38. The number of benzene rings is 2. The van der Waals surface area contributed by atoms with Crippen LogP contribution in [0, 0.1) is 13.8 Å². The molecule has 0 radical (unpaired) electrons. The number of nitrogens with zero attached hydrogens (tertiary/aromatic N) is 5. The summed E-state index contributed by atoms with van der Waals surface area (Å²) in [4.78, 5) is 38.6. The van der Waals surface area contributed by atoms with Crippen LogP contribution in [0.4, 0.5) is 0 Å². The minimum atomic E-state index is -0.382. The Balaban J connectivity index is 1.70. The first-order valence-corrected chi connectivity index (χ1v) is 14.7. The minimum Gasteiger partial charge on any atom is -0.313 e. The summed E-state index contributed by atoms with van der Waals surface area (Å²) >= 11 is 1.25. The first-order valence-electron chi connectivity index (χ1n) is 14.0. The molecule has 0 N–H and O–H groups in total. The number of hydrogen-bond donors (Lipinski definition) is 0. The highest BCUT2D eigenvalue weighted by atomic mass is 32.1. The number of rotatable bonds is 9. The molecule has 1 aliphatic heterocycles. The standard InChI is InChI=1S/C31H37N5O2S/c1-5-25(36(26(6-2)34-18-10-11-19-34)30(37)24-16-14-21(3)15-17-24)28-32-29-27(22(4)33-39-29)31(38)35(28)20-23-12-8-7-9-13-23/h7-9,12-17,25-26H,5-6,10-11,18-20H2,1-4H3. The van der Waals surface area contributed by atoms with Crippen LogP contribution in [0.3, 0.4) is 0 Å². The Morgan fingerprint density at radius 3 is 2.33 bits per heavy atom. The lowest BCUT2D eigenvalue weighted by atomic mass is 10.0. The first-order chi connectivity index (χ1) is 18.9. The Bertz CT molecular complexity index is 1490. The molecule has 4 aromatic rings. The van der Waals surface area contributed by atoms with Crippen molar-refractivity contribution in [3.05, 3.63) is 93.2 Å². The lowest BCUT2D eigenvalue weighted by molar-refractivity contribution is 0.0148. The van der Waals surface area contributed by atoms with E-state index in [1.54, 1.807) is 4.57 Å². The summed E-state index contributed by atoms with van der Waals surface area (Å²) in [5.74, 6) is 0.599. The molecule has 8 heteroatoms. The van der Waals surface area contributed by atoms with Crippen LogP contribution in [0.25, 0.3) is 10.2 Å². The molecule has 1 aliphatic rings. The van der Waals surface area contributed by atoms with Crippen LogP contribution in [-0.4, -0.2) is 48.9 Å². The van der Waals surface area contributed by atoms with Crippen molar-refractivity contribution in [3.63, 3.8) is 0 Å². The van der Waals surface area contributed by atoms with E-state index in [1.165, 1.54) is 11.5 Å². The zero-order chi connectivity index (χ0) is 27.5. The molecular weight excluding hydrogens is 506 g/mol. The molecule has 0 aliphatic carbocycles. The lowest BCUT2D eigenvalue weighted by Gasteiger charge is -2.42. The zero-order valence-electron chi connectivity index (χ0n) is 23.3. The summed E-state index contributed by atoms with van der Waals surface area (Å²) in [6, 6.07) is 17.4. The lowest BCUT2D eigenvalue weighted by Crippen LogP contribution is -2.52. The fraction of sp³-hybridized carbons (Fsp3) is 0.419. The van der Waals surface area contributed by atoms with Gasteiger partial charge in [0, 0.05) is 18.7 Å². The Hall–Kier alpha value is -3.36. The van der Waals surface area contributed by atoms with Gasteiger partial charge in [0.05, 0.1) is 29.8 Å². The van der Waals surface area contributed by atoms with Crippen LogP contribution in [0.2, 0.25) is 0 Å². The number of hydrogen-bond acceptors (Lipinski definition) is 6. The van der Waals surface area contributed by atoms with Gasteiger partial charge in [-0.25, -0.2) is 4.98 Å². The number of carbonyl (C=O) groups is 1. The number of carbonyl (C=O) groups excluding carboxylic acids is 1. The second-order valence-corrected chi connectivity index (χ2v) is 11.2. The number of likely N-dealkylation sites (tertiary alicyclic amines) is 1. The van der Waals surface area contributed by atoms with E-state index in [0.29, 0.717) is 40.3 Å². The van der Waals surface area contributed by atoms with Crippen molar-refractivity contribution in [2.45, 2.75) is 72.1 Å². The molecule has 3 heterocycles. The maximum atomic E-state index is 14.4. The third-order valence-corrected chi connectivity index (χ3v) is 8.62. The molecule has 1 amide bonds. The van der Waals surface area contributed by atoms with Crippen molar-refractivity contribution in [2.24, 2.45) is 0 Å². The second kappa shape index (κ2) is 11.8. The van der Waals surface area contributed by atoms with Crippen molar-refractivity contribution in [1.82, 2.24) is 23.7 Å². The van der Waals surface area contributed by atoms with E-state index in [9.17, 15) is 9.59 Å². The van der Waals surface area contributed by atoms with Crippen LogP contribution < -0.4 is 5.56 Å². The molecule has 39 heavy (non-hydrogen) atoms. The summed E-state index contributed by atoms with van der Waals surface area (Å²) < 4.78 is 6.24. The summed E-state index contributed by atoms with van der Waals surface area (Å²) in [6.07, 6.45) is 3.59. The zero-order valence-corrected chi connectivity index (χ0v) is 24.1. The topological polar surface area (TPSA) is 71.3 Å². The van der Waals surface area contributed by atoms with Gasteiger partial charge in [0.25, 0.3) is 11.5 Å². The Morgan fingerprint density at radius 1 is 1.00 bits per heavy atom. The molecule has 2 aromatic carbocycles. The normalized spacial score (nSPS) is 15.5. The molecule has 0 bridgehead atoms. The van der Waals surface area contributed by atoms with Crippen LogP contribution in [0.1, 0.15) is 78.6 Å². The highest BCUT2D eigenvalue weighted by Crippen LogP contribution is 2.32. The Kier molecular flexibility index (Phi) is 8.23. The molecule has 2 unspecified atom stereocenters. The van der Waals surface area contributed by atoms with Crippen molar-refractivity contribution in [3.8, 4) is 0 Å². The third kappa shape index (κ3) is 5.40. The van der Waals surface area contributed by atoms with Crippen molar-refractivity contribution < 1.29 is 4.79 Å². The molecule has 7 nitrogen and oxygen atoms in total.